The molecule has 1 saturated carbocycles. The molecule has 1 atom stereocenters. The molecule has 0 spiro atoms. The van der Waals surface area contributed by atoms with Crippen LogP contribution in [0.1, 0.15) is 44.2 Å². The van der Waals surface area contributed by atoms with Crippen molar-refractivity contribution in [3.05, 3.63) is 35.9 Å². The van der Waals surface area contributed by atoms with Crippen LogP contribution in [0.5, 0.6) is 0 Å². The van der Waals surface area contributed by atoms with E-state index in [-0.39, 0.29) is 11.6 Å². The van der Waals surface area contributed by atoms with Crippen molar-refractivity contribution in [3.8, 4) is 0 Å². The zero-order chi connectivity index (χ0) is 14.6. The minimum absolute atomic E-state index is 0.113. The standard InChI is InChI=1S/C15H24N2O2S/c1-13(14-8-4-3-5-9-14)17-15(10-6-7-11-15)12-16-20(2,18)19/h3-5,8-9,13,16-17H,6-7,10-12H2,1-2H3/t13-/m0/s1. The zero-order valence-electron chi connectivity index (χ0n) is 12.2. The van der Waals surface area contributed by atoms with Crippen molar-refractivity contribution in [2.45, 2.75) is 44.2 Å². The van der Waals surface area contributed by atoms with E-state index in [4.69, 9.17) is 0 Å². The normalized spacial score (nSPS) is 19.9. The number of nitrogens with one attached hydrogen (secondary N) is 2. The van der Waals surface area contributed by atoms with Gasteiger partial charge in [0.25, 0.3) is 0 Å². The Balaban J connectivity index is 2.05. The van der Waals surface area contributed by atoms with E-state index in [0.29, 0.717) is 6.54 Å². The van der Waals surface area contributed by atoms with Crippen molar-refractivity contribution < 1.29 is 8.42 Å². The van der Waals surface area contributed by atoms with E-state index in [0.717, 1.165) is 25.7 Å². The first-order valence-corrected chi connectivity index (χ1v) is 9.07. The Morgan fingerprint density at radius 1 is 1.20 bits per heavy atom. The average molecular weight is 296 g/mol. The molecular weight excluding hydrogens is 272 g/mol. The van der Waals surface area contributed by atoms with Crippen LogP contribution in [0, 0.1) is 0 Å². The Hall–Kier alpha value is -0.910. The van der Waals surface area contributed by atoms with Gasteiger partial charge < -0.3 is 5.32 Å². The summed E-state index contributed by atoms with van der Waals surface area (Å²) in [5.74, 6) is 0. The molecule has 5 heteroatoms. The molecule has 20 heavy (non-hydrogen) atoms. The van der Waals surface area contributed by atoms with Gasteiger partial charge in [-0.15, -0.1) is 0 Å². The van der Waals surface area contributed by atoms with Gasteiger partial charge in [-0.1, -0.05) is 43.2 Å². The van der Waals surface area contributed by atoms with Gasteiger partial charge in [0.2, 0.25) is 10.0 Å². The van der Waals surface area contributed by atoms with Gasteiger partial charge in [-0.25, -0.2) is 13.1 Å². The maximum atomic E-state index is 11.3. The molecule has 0 unspecified atom stereocenters. The van der Waals surface area contributed by atoms with E-state index in [1.807, 2.05) is 18.2 Å². The molecule has 0 aromatic heterocycles. The molecule has 0 aliphatic heterocycles. The van der Waals surface area contributed by atoms with Crippen molar-refractivity contribution in [2.75, 3.05) is 12.8 Å². The highest BCUT2D eigenvalue weighted by atomic mass is 32.2. The minimum atomic E-state index is -3.14. The molecule has 4 nitrogen and oxygen atoms in total. The number of benzene rings is 1. The SMILES string of the molecule is C[C@H](NC1(CNS(C)(=O)=O)CCCC1)c1ccccc1. The van der Waals surface area contributed by atoms with E-state index in [1.165, 1.54) is 11.8 Å². The topological polar surface area (TPSA) is 58.2 Å². The molecule has 112 valence electrons. The lowest BCUT2D eigenvalue weighted by Gasteiger charge is -2.34. The van der Waals surface area contributed by atoms with Gasteiger partial charge in [0.1, 0.15) is 0 Å². The minimum Gasteiger partial charge on any atom is -0.303 e. The summed E-state index contributed by atoms with van der Waals surface area (Å²) < 4.78 is 25.4. The summed E-state index contributed by atoms with van der Waals surface area (Å²) in [7, 11) is -3.14. The predicted molar refractivity (Wildman–Crippen MR) is 82.0 cm³/mol. The molecule has 1 aromatic carbocycles. The number of hydrogen-bond acceptors (Lipinski definition) is 3. The van der Waals surface area contributed by atoms with Crippen molar-refractivity contribution in [1.82, 2.24) is 10.0 Å². The van der Waals surface area contributed by atoms with Gasteiger partial charge >= 0.3 is 0 Å². The third-order valence-electron chi connectivity index (χ3n) is 4.06. The quantitative estimate of drug-likeness (QED) is 0.846. The van der Waals surface area contributed by atoms with Crippen molar-refractivity contribution in [2.24, 2.45) is 0 Å². The fourth-order valence-corrected chi connectivity index (χ4v) is 3.52. The molecule has 0 heterocycles. The zero-order valence-corrected chi connectivity index (χ0v) is 13.0. The third-order valence-corrected chi connectivity index (χ3v) is 4.72. The maximum absolute atomic E-state index is 11.3. The van der Waals surface area contributed by atoms with Gasteiger partial charge in [-0.3, -0.25) is 0 Å². The van der Waals surface area contributed by atoms with Crippen LogP contribution >= 0.6 is 0 Å². The first-order chi connectivity index (χ1) is 9.40. The van der Waals surface area contributed by atoms with Crippen LogP contribution in [-0.4, -0.2) is 26.8 Å². The second-order valence-corrected chi connectivity index (χ2v) is 7.69. The largest absolute Gasteiger partial charge is 0.303 e. The molecule has 1 aliphatic carbocycles. The van der Waals surface area contributed by atoms with E-state index in [2.05, 4.69) is 29.1 Å². The lowest BCUT2D eigenvalue weighted by atomic mass is 9.95. The molecule has 2 N–H and O–H groups in total. The summed E-state index contributed by atoms with van der Waals surface area (Å²) in [6.07, 6.45) is 5.57. The third kappa shape index (κ3) is 4.30. The monoisotopic (exact) mass is 296 g/mol. The summed E-state index contributed by atoms with van der Waals surface area (Å²) >= 11 is 0. The first-order valence-electron chi connectivity index (χ1n) is 7.18. The van der Waals surface area contributed by atoms with E-state index in [9.17, 15) is 8.42 Å². The predicted octanol–water partition coefficient (Wildman–Crippen LogP) is 2.20. The van der Waals surface area contributed by atoms with Crippen LogP contribution in [0.3, 0.4) is 0 Å². The lowest BCUT2D eigenvalue weighted by Crippen LogP contribution is -2.52. The van der Waals surface area contributed by atoms with E-state index < -0.39 is 10.0 Å². The van der Waals surface area contributed by atoms with E-state index >= 15 is 0 Å². The van der Waals surface area contributed by atoms with Crippen molar-refractivity contribution >= 4 is 10.0 Å². The Morgan fingerprint density at radius 3 is 2.35 bits per heavy atom. The van der Waals surface area contributed by atoms with Crippen LogP contribution in [0.4, 0.5) is 0 Å². The first kappa shape index (κ1) is 15.5. The molecule has 0 bridgehead atoms. The van der Waals surface area contributed by atoms with Gasteiger partial charge in [0.15, 0.2) is 0 Å². The molecule has 1 fully saturated rings. The van der Waals surface area contributed by atoms with Gasteiger partial charge in [-0.05, 0) is 25.3 Å². The molecule has 0 radical (unpaired) electrons. The molecule has 1 aromatic rings. The summed E-state index contributed by atoms with van der Waals surface area (Å²) in [6, 6.07) is 10.5. The fourth-order valence-electron chi connectivity index (χ4n) is 2.98. The highest BCUT2D eigenvalue weighted by Gasteiger charge is 2.35. The fraction of sp³-hybridized carbons (Fsp3) is 0.600. The molecule has 0 saturated heterocycles. The molecule has 0 amide bonds. The number of sulfonamides is 1. The number of rotatable bonds is 6. The van der Waals surface area contributed by atoms with Gasteiger partial charge in [-0.2, -0.15) is 0 Å². The van der Waals surface area contributed by atoms with Crippen LogP contribution in [0.25, 0.3) is 0 Å². The Bertz CT molecular complexity index is 522. The Kier molecular flexibility index (Phi) is 4.83. The molecular formula is C15H24N2O2S. The maximum Gasteiger partial charge on any atom is 0.208 e. The Labute approximate surface area is 122 Å². The summed E-state index contributed by atoms with van der Waals surface area (Å²) in [5.41, 5.74) is 1.12. The highest BCUT2D eigenvalue weighted by Crippen LogP contribution is 2.31. The van der Waals surface area contributed by atoms with Gasteiger partial charge in [0.05, 0.1) is 6.26 Å². The van der Waals surface area contributed by atoms with Crippen LogP contribution < -0.4 is 10.0 Å². The Morgan fingerprint density at radius 2 is 1.80 bits per heavy atom. The second kappa shape index (κ2) is 6.24. The lowest BCUT2D eigenvalue weighted by molar-refractivity contribution is 0.299. The average Bonchev–Trinajstić information content (AvgIpc) is 2.86. The summed E-state index contributed by atoms with van der Waals surface area (Å²) in [6.45, 7) is 2.61. The molecule has 1 aliphatic rings. The van der Waals surface area contributed by atoms with E-state index in [1.54, 1.807) is 0 Å². The smallest absolute Gasteiger partial charge is 0.208 e. The van der Waals surface area contributed by atoms with Crippen LogP contribution in [-0.2, 0) is 10.0 Å². The highest BCUT2D eigenvalue weighted by molar-refractivity contribution is 7.88. The van der Waals surface area contributed by atoms with Crippen LogP contribution in [0.2, 0.25) is 0 Å². The second-order valence-electron chi connectivity index (χ2n) is 5.86. The summed E-state index contributed by atoms with van der Waals surface area (Å²) in [5, 5.41) is 3.65. The molecule has 2 rings (SSSR count). The van der Waals surface area contributed by atoms with Crippen molar-refractivity contribution in [1.29, 1.82) is 0 Å². The van der Waals surface area contributed by atoms with Crippen molar-refractivity contribution in [3.63, 3.8) is 0 Å². The summed E-state index contributed by atoms with van der Waals surface area (Å²) in [4.78, 5) is 0. The van der Waals surface area contributed by atoms with Crippen LogP contribution in [0.15, 0.2) is 30.3 Å². The van der Waals surface area contributed by atoms with Gasteiger partial charge in [0, 0.05) is 18.1 Å². The number of hydrogen-bond donors (Lipinski definition) is 2.